The molecule has 0 radical (unpaired) electrons. The molecule has 0 saturated carbocycles. The SMILES string of the molecule is Cc1ccc(C2CC(=O)Nc3c(S(=O)(=O)c4ccccc4)csc32)cc1. The molecule has 0 aliphatic carbocycles. The normalized spacial score (nSPS) is 16.8. The second-order valence-corrected chi connectivity index (χ2v) is 9.20. The predicted octanol–water partition coefficient (Wildman–Crippen LogP) is 4.36. The molecule has 1 atom stereocenters. The van der Waals surface area contributed by atoms with Crippen LogP contribution in [0.1, 0.15) is 28.3 Å². The van der Waals surface area contributed by atoms with Crippen LogP contribution >= 0.6 is 11.3 Å². The highest BCUT2D eigenvalue weighted by molar-refractivity contribution is 7.91. The molecule has 3 aromatic rings. The Labute approximate surface area is 156 Å². The summed E-state index contributed by atoms with van der Waals surface area (Å²) >= 11 is 1.39. The number of aryl methyl sites for hydroxylation is 1. The van der Waals surface area contributed by atoms with Crippen molar-refractivity contribution >= 4 is 32.8 Å². The molecule has 2 aromatic carbocycles. The zero-order valence-electron chi connectivity index (χ0n) is 14.1. The monoisotopic (exact) mass is 383 g/mol. The van der Waals surface area contributed by atoms with E-state index in [1.807, 2.05) is 31.2 Å². The molecule has 6 heteroatoms. The van der Waals surface area contributed by atoms with E-state index in [0.29, 0.717) is 12.1 Å². The van der Waals surface area contributed by atoms with Crippen LogP contribution < -0.4 is 5.32 Å². The highest BCUT2D eigenvalue weighted by Crippen LogP contribution is 2.45. The van der Waals surface area contributed by atoms with Crippen molar-refractivity contribution in [2.75, 3.05) is 5.32 Å². The molecule has 1 amide bonds. The first-order valence-corrected chi connectivity index (χ1v) is 10.6. The van der Waals surface area contributed by atoms with Gasteiger partial charge in [0.05, 0.1) is 10.6 Å². The molecule has 0 bridgehead atoms. The minimum absolute atomic E-state index is 0.121. The second-order valence-electron chi connectivity index (χ2n) is 6.37. The third-order valence-corrected chi connectivity index (χ3v) is 7.62. The van der Waals surface area contributed by atoms with Gasteiger partial charge in [-0.05, 0) is 24.6 Å². The minimum atomic E-state index is -3.68. The summed E-state index contributed by atoms with van der Waals surface area (Å²) in [7, 11) is -3.68. The second kappa shape index (κ2) is 6.37. The molecule has 4 rings (SSSR count). The van der Waals surface area contributed by atoms with E-state index in [1.54, 1.807) is 35.7 Å². The molecule has 132 valence electrons. The molecule has 1 aromatic heterocycles. The number of carbonyl (C=O) groups is 1. The number of sulfone groups is 1. The molecule has 0 saturated heterocycles. The number of rotatable bonds is 3. The Balaban J connectivity index is 1.83. The number of benzene rings is 2. The maximum Gasteiger partial charge on any atom is 0.225 e. The molecule has 0 spiro atoms. The van der Waals surface area contributed by atoms with E-state index in [2.05, 4.69) is 5.32 Å². The van der Waals surface area contributed by atoms with Crippen molar-refractivity contribution in [3.8, 4) is 0 Å². The topological polar surface area (TPSA) is 63.2 Å². The summed E-state index contributed by atoms with van der Waals surface area (Å²) in [6, 6.07) is 16.3. The van der Waals surface area contributed by atoms with Gasteiger partial charge in [-0.2, -0.15) is 0 Å². The highest BCUT2D eigenvalue weighted by Gasteiger charge is 2.34. The Morgan fingerprint density at radius 3 is 2.42 bits per heavy atom. The Bertz CT molecular complexity index is 1070. The maximum atomic E-state index is 13.0. The van der Waals surface area contributed by atoms with Crippen molar-refractivity contribution < 1.29 is 13.2 Å². The van der Waals surface area contributed by atoms with Crippen LogP contribution in [0.15, 0.2) is 69.8 Å². The fourth-order valence-electron chi connectivity index (χ4n) is 3.20. The van der Waals surface area contributed by atoms with E-state index in [4.69, 9.17) is 0 Å². The average molecular weight is 383 g/mol. The van der Waals surface area contributed by atoms with E-state index in [0.717, 1.165) is 16.0 Å². The van der Waals surface area contributed by atoms with Crippen LogP contribution in [0.5, 0.6) is 0 Å². The lowest BCUT2D eigenvalue weighted by Crippen LogP contribution is -2.23. The van der Waals surface area contributed by atoms with E-state index in [-0.39, 0.29) is 21.6 Å². The van der Waals surface area contributed by atoms with Crippen LogP contribution in [0.3, 0.4) is 0 Å². The zero-order chi connectivity index (χ0) is 18.3. The number of hydrogen-bond acceptors (Lipinski definition) is 4. The van der Waals surface area contributed by atoms with Gasteiger partial charge in [0.25, 0.3) is 0 Å². The number of anilines is 1. The summed E-state index contributed by atoms with van der Waals surface area (Å²) < 4.78 is 26.0. The van der Waals surface area contributed by atoms with E-state index < -0.39 is 9.84 Å². The molecule has 2 heterocycles. The summed E-state index contributed by atoms with van der Waals surface area (Å²) in [4.78, 5) is 13.6. The average Bonchev–Trinajstić information content (AvgIpc) is 3.07. The van der Waals surface area contributed by atoms with Crippen molar-refractivity contribution in [2.24, 2.45) is 0 Å². The Morgan fingerprint density at radius 2 is 1.73 bits per heavy atom. The molecular formula is C20H17NO3S2. The van der Waals surface area contributed by atoms with Gasteiger partial charge in [0, 0.05) is 22.6 Å². The zero-order valence-corrected chi connectivity index (χ0v) is 15.7. The summed E-state index contributed by atoms with van der Waals surface area (Å²) in [5.41, 5.74) is 2.60. The number of thiophene rings is 1. The Morgan fingerprint density at radius 1 is 1.04 bits per heavy atom. The van der Waals surface area contributed by atoms with Gasteiger partial charge >= 0.3 is 0 Å². The molecule has 4 nitrogen and oxygen atoms in total. The first kappa shape index (κ1) is 17.0. The van der Waals surface area contributed by atoms with Gasteiger partial charge < -0.3 is 5.32 Å². The van der Waals surface area contributed by atoms with Gasteiger partial charge in [0.1, 0.15) is 4.90 Å². The van der Waals surface area contributed by atoms with Crippen LogP contribution in [-0.2, 0) is 14.6 Å². The van der Waals surface area contributed by atoms with Gasteiger partial charge in [0.2, 0.25) is 15.7 Å². The van der Waals surface area contributed by atoms with E-state index >= 15 is 0 Å². The molecular weight excluding hydrogens is 366 g/mol. The van der Waals surface area contributed by atoms with E-state index in [1.165, 1.54) is 11.3 Å². The molecule has 1 unspecified atom stereocenters. The fraction of sp³-hybridized carbons (Fsp3) is 0.150. The minimum Gasteiger partial charge on any atom is -0.324 e. The van der Waals surface area contributed by atoms with Gasteiger partial charge in [-0.15, -0.1) is 11.3 Å². The summed E-state index contributed by atoms with van der Waals surface area (Å²) in [6.45, 7) is 2.01. The van der Waals surface area contributed by atoms with Crippen LogP contribution in [0.2, 0.25) is 0 Å². The van der Waals surface area contributed by atoms with Crippen molar-refractivity contribution in [2.45, 2.75) is 29.1 Å². The van der Waals surface area contributed by atoms with Crippen molar-refractivity contribution in [1.29, 1.82) is 0 Å². The summed E-state index contributed by atoms with van der Waals surface area (Å²) in [5.74, 6) is -0.282. The molecule has 1 aliphatic rings. The van der Waals surface area contributed by atoms with E-state index in [9.17, 15) is 13.2 Å². The Hall–Kier alpha value is -2.44. The largest absolute Gasteiger partial charge is 0.324 e. The summed E-state index contributed by atoms with van der Waals surface area (Å²) in [6.07, 6.45) is 0.321. The van der Waals surface area contributed by atoms with Gasteiger partial charge in [-0.1, -0.05) is 48.0 Å². The smallest absolute Gasteiger partial charge is 0.225 e. The molecule has 1 N–H and O–H groups in total. The number of nitrogens with one attached hydrogen (secondary N) is 1. The number of carbonyl (C=O) groups excluding carboxylic acids is 1. The van der Waals surface area contributed by atoms with Crippen LogP contribution in [0, 0.1) is 6.92 Å². The van der Waals surface area contributed by atoms with Crippen LogP contribution in [0.25, 0.3) is 0 Å². The quantitative estimate of drug-likeness (QED) is 0.731. The number of hydrogen-bond donors (Lipinski definition) is 1. The van der Waals surface area contributed by atoms with Crippen LogP contribution in [0.4, 0.5) is 5.69 Å². The van der Waals surface area contributed by atoms with Gasteiger partial charge in [-0.3, -0.25) is 4.79 Å². The molecule has 0 fully saturated rings. The first-order valence-electron chi connectivity index (χ1n) is 8.25. The lowest BCUT2D eigenvalue weighted by molar-refractivity contribution is -0.116. The van der Waals surface area contributed by atoms with Crippen molar-refractivity contribution in [3.05, 3.63) is 76.0 Å². The summed E-state index contributed by atoms with van der Waals surface area (Å²) in [5, 5.41) is 4.43. The van der Waals surface area contributed by atoms with Crippen LogP contribution in [-0.4, -0.2) is 14.3 Å². The Kier molecular flexibility index (Phi) is 4.17. The lowest BCUT2D eigenvalue weighted by Gasteiger charge is -2.24. The van der Waals surface area contributed by atoms with Crippen molar-refractivity contribution in [3.63, 3.8) is 0 Å². The maximum absolute atomic E-state index is 13.0. The predicted molar refractivity (Wildman–Crippen MR) is 102 cm³/mol. The molecule has 26 heavy (non-hydrogen) atoms. The highest BCUT2D eigenvalue weighted by atomic mass is 32.2. The standard InChI is InChI=1S/C20H17NO3S2/c1-13-7-9-14(10-8-13)16-11-18(22)21-19-17(12-25-20(16)19)26(23,24)15-5-3-2-4-6-15/h2-10,12,16H,11H2,1H3,(H,21,22). The lowest BCUT2D eigenvalue weighted by atomic mass is 9.90. The third-order valence-electron chi connectivity index (χ3n) is 4.58. The van der Waals surface area contributed by atoms with Crippen molar-refractivity contribution in [1.82, 2.24) is 0 Å². The fourth-order valence-corrected chi connectivity index (χ4v) is 6.13. The number of amides is 1. The molecule has 1 aliphatic heterocycles. The third kappa shape index (κ3) is 2.85. The first-order chi connectivity index (χ1) is 12.5. The van der Waals surface area contributed by atoms with Gasteiger partial charge in [-0.25, -0.2) is 8.42 Å². The number of fused-ring (bicyclic) bond motifs is 1. The van der Waals surface area contributed by atoms with Gasteiger partial charge in [0.15, 0.2) is 0 Å².